The molecule has 4 nitrogen and oxygen atoms in total. The highest BCUT2D eigenvalue weighted by Gasteiger charge is 2.24. The summed E-state index contributed by atoms with van der Waals surface area (Å²) in [5, 5.41) is -0.850. The van der Waals surface area contributed by atoms with E-state index in [0.717, 1.165) is 0 Å². The van der Waals surface area contributed by atoms with E-state index < -0.39 is 11.3 Å². The lowest BCUT2D eigenvalue weighted by Crippen LogP contribution is -2.17. The van der Waals surface area contributed by atoms with Gasteiger partial charge in [-0.15, -0.1) is 11.6 Å². The first kappa shape index (κ1) is 13.5. The Hall–Kier alpha value is -0.940. The molecule has 0 fully saturated rings. The van der Waals surface area contributed by atoms with Crippen molar-refractivity contribution in [2.24, 2.45) is 0 Å². The Bertz CT molecular complexity index is 464. The number of ether oxygens (including phenoxy) is 3. The van der Waals surface area contributed by atoms with Gasteiger partial charge in [0.2, 0.25) is 0 Å². The molecule has 1 aliphatic rings. The molecule has 0 N–H and O–H groups in total. The molecule has 0 saturated heterocycles. The molecule has 0 amide bonds. The van der Waals surface area contributed by atoms with Gasteiger partial charge in [-0.3, -0.25) is 4.79 Å². The zero-order valence-corrected chi connectivity index (χ0v) is 12.1. The Balaban J connectivity index is 2.29. The van der Waals surface area contributed by atoms with Gasteiger partial charge in [-0.25, -0.2) is 0 Å². The quantitative estimate of drug-likeness (QED) is 0.629. The summed E-state index contributed by atoms with van der Waals surface area (Å²) in [5.74, 6) is 0.751. The van der Waals surface area contributed by atoms with Crippen molar-refractivity contribution in [2.75, 3.05) is 19.8 Å². The van der Waals surface area contributed by atoms with Crippen molar-refractivity contribution in [1.29, 1.82) is 0 Å². The van der Waals surface area contributed by atoms with Gasteiger partial charge in [0.25, 0.3) is 0 Å². The van der Waals surface area contributed by atoms with Gasteiger partial charge < -0.3 is 14.2 Å². The summed E-state index contributed by atoms with van der Waals surface area (Å²) < 4.78 is 16.5. The van der Waals surface area contributed by atoms with E-state index in [2.05, 4.69) is 15.9 Å². The van der Waals surface area contributed by atoms with E-state index in [4.69, 9.17) is 25.8 Å². The number of alkyl halides is 1. The summed E-state index contributed by atoms with van der Waals surface area (Å²) in [6, 6.07) is 3.44. The van der Waals surface area contributed by atoms with Crippen LogP contribution in [-0.2, 0) is 9.53 Å². The van der Waals surface area contributed by atoms with Gasteiger partial charge in [-0.05, 0) is 40.5 Å². The Kier molecular flexibility index (Phi) is 4.35. The van der Waals surface area contributed by atoms with Crippen LogP contribution in [0.1, 0.15) is 17.9 Å². The fraction of sp³-hybridized carbons (Fsp3) is 0.417. The van der Waals surface area contributed by atoms with Crippen molar-refractivity contribution >= 4 is 33.5 Å². The van der Waals surface area contributed by atoms with E-state index in [9.17, 15) is 4.79 Å². The summed E-state index contributed by atoms with van der Waals surface area (Å²) in [6.07, 6.45) is 0. The highest BCUT2D eigenvalue weighted by atomic mass is 79.9. The third-order valence-corrected chi connectivity index (χ3v) is 3.42. The highest BCUT2D eigenvalue weighted by molar-refractivity contribution is 9.10. The number of carbonyl (C=O) groups is 1. The lowest BCUT2D eigenvalue weighted by molar-refractivity contribution is -0.142. The summed E-state index contributed by atoms with van der Waals surface area (Å²) in [4.78, 5) is 11.6. The van der Waals surface area contributed by atoms with Crippen LogP contribution in [0.4, 0.5) is 0 Å². The molecule has 0 spiro atoms. The molecular formula is C12H12BrClO4. The number of hydrogen-bond donors (Lipinski definition) is 0. The van der Waals surface area contributed by atoms with Crippen LogP contribution in [0, 0.1) is 0 Å². The van der Waals surface area contributed by atoms with E-state index in [1.165, 1.54) is 0 Å². The largest absolute Gasteiger partial charge is 0.486 e. The molecule has 98 valence electrons. The predicted octanol–water partition coefficient (Wildman–Crippen LogP) is 3.06. The van der Waals surface area contributed by atoms with Gasteiger partial charge in [-0.2, -0.15) is 0 Å². The summed E-state index contributed by atoms with van der Waals surface area (Å²) in [7, 11) is 0. The van der Waals surface area contributed by atoms with Crippen LogP contribution in [0.25, 0.3) is 0 Å². The minimum Gasteiger partial charge on any atom is -0.486 e. The lowest BCUT2D eigenvalue weighted by Gasteiger charge is -2.21. The van der Waals surface area contributed by atoms with Gasteiger partial charge in [-0.1, -0.05) is 0 Å². The van der Waals surface area contributed by atoms with Crippen LogP contribution >= 0.6 is 27.5 Å². The smallest absolute Gasteiger partial charge is 0.328 e. The second kappa shape index (κ2) is 5.80. The molecule has 0 saturated carbocycles. The number of hydrogen-bond acceptors (Lipinski definition) is 4. The maximum absolute atomic E-state index is 11.6. The van der Waals surface area contributed by atoms with E-state index in [-0.39, 0.29) is 0 Å². The highest BCUT2D eigenvalue weighted by Crippen LogP contribution is 2.41. The monoisotopic (exact) mass is 334 g/mol. The number of carbonyl (C=O) groups excluding carboxylic acids is 1. The molecule has 1 aliphatic heterocycles. The standard InChI is InChI=1S/C12H12BrClO4/c1-2-16-12(15)10(14)7-5-8(13)11-9(6-7)17-3-4-18-11/h5-6,10H,2-4H2,1H3. The zero-order valence-electron chi connectivity index (χ0n) is 9.74. The Morgan fingerprint density at radius 1 is 1.50 bits per heavy atom. The van der Waals surface area contributed by atoms with Crippen LogP contribution in [0.2, 0.25) is 0 Å². The molecule has 0 bridgehead atoms. The van der Waals surface area contributed by atoms with Crippen molar-refractivity contribution < 1.29 is 19.0 Å². The van der Waals surface area contributed by atoms with Gasteiger partial charge in [0.15, 0.2) is 16.9 Å². The Morgan fingerprint density at radius 3 is 2.94 bits per heavy atom. The Labute approximate surface area is 118 Å². The number of benzene rings is 1. The molecule has 2 rings (SSSR count). The molecule has 1 heterocycles. The number of halogens is 2. The number of esters is 1. The first-order valence-electron chi connectivity index (χ1n) is 5.53. The summed E-state index contributed by atoms with van der Waals surface area (Å²) in [6.45, 7) is 3.03. The van der Waals surface area contributed by atoms with Gasteiger partial charge in [0.05, 0.1) is 11.1 Å². The topological polar surface area (TPSA) is 44.8 Å². The van der Waals surface area contributed by atoms with Crippen LogP contribution in [0.15, 0.2) is 16.6 Å². The second-order valence-electron chi connectivity index (χ2n) is 3.64. The van der Waals surface area contributed by atoms with E-state index in [1.54, 1.807) is 19.1 Å². The molecule has 0 aromatic heterocycles. The second-order valence-corrected chi connectivity index (χ2v) is 4.93. The maximum atomic E-state index is 11.6. The number of fused-ring (bicyclic) bond motifs is 1. The first-order chi connectivity index (χ1) is 8.63. The minimum atomic E-state index is -0.850. The SMILES string of the molecule is CCOC(=O)C(Cl)c1cc(Br)c2c(c1)OCCO2. The van der Waals surface area contributed by atoms with E-state index in [0.29, 0.717) is 41.4 Å². The van der Waals surface area contributed by atoms with E-state index in [1.807, 2.05) is 0 Å². The van der Waals surface area contributed by atoms with Crippen LogP contribution in [0.3, 0.4) is 0 Å². The molecule has 1 aromatic rings. The zero-order chi connectivity index (χ0) is 13.1. The average Bonchev–Trinajstić information content (AvgIpc) is 2.38. The number of rotatable bonds is 3. The molecule has 6 heteroatoms. The fourth-order valence-corrected chi connectivity index (χ4v) is 2.39. The third-order valence-electron chi connectivity index (χ3n) is 2.41. The van der Waals surface area contributed by atoms with Gasteiger partial charge in [0.1, 0.15) is 13.2 Å². The third kappa shape index (κ3) is 2.72. The average molecular weight is 336 g/mol. The lowest BCUT2D eigenvalue weighted by atomic mass is 10.1. The predicted molar refractivity (Wildman–Crippen MR) is 70.4 cm³/mol. The maximum Gasteiger partial charge on any atom is 0.328 e. The van der Waals surface area contributed by atoms with Crippen molar-refractivity contribution in [1.82, 2.24) is 0 Å². The molecular weight excluding hydrogens is 323 g/mol. The van der Waals surface area contributed by atoms with Crippen molar-refractivity contribution in [3.8, 4) is 11.5 Å². The molecule has 1 atom stereocenters. The summed E-state index contributed by atoms with van der Waals surface area (Å²) in [5.41, 5.74) is 0.617. The van der Waals surface area contributed by atoms with Crippen LogP contribution in [-0.4, -0.2) is 25.8 Å². The molecule has 1 aromatic carbocycles. The fourth-order valence-electron chi connectivity index (χ4n) is 1.63. The first-order valence-corrected chi connectivity index (χ1v) is 6.76. The van der Waals surface area contributed by atoms with Gasteiger partial charge in [0, 0.05) is 0 Å². The molecule has 18 heavy (non-hydrogen) atoms. The van der Waals surface area contributed by atoms with Gasteiger partial charge >= 0.3 is 5.97 Å². The van der Waals surface area contributed by atoms with Crippen molar-refractivity contribution in [3.63, 3.8) is 0 Å². The molecule has 0 radical (unpaired) electrons. The molecule has 1 unspecified atom stereocenters. The minimum absolute atomic E-state index is 0.299. The van der Waals surface area contributed by atoms with Crippen LogP contribution in [0.5, 0.6) is 11.5 Å². The molecule has 0 aliphatic carbocycles. The van der Waals surface area contributed by atoms with E-state index >= 15 is 0 Å². The van der Waals surface area contributed by atoms with Crippen LogP contribution < -0.4 is 9.47 Å². The van der Waals surface area contributed by atoms with Crippen molar-refractivity contribution in [3.05, 3.63) is 22.2 Å². The normalized spacial score (nSPS) is 15.1. The Morgan fingerprint density at radius 2 is 2.22 bits per heavy atom. The van der Waals surface area contributed by atoms with Crippen molar-refractivity contribution in [2.45, 2.75) is 12.3 Å². The summed E-state index contributed by atoms with van der Waals surface area (Å²) >= 11 is 9.43.